The first-order valence-electron chi connectivity index (χ1n) is 10.5. The summed E-state index contributed by atoms with van der Waals surface area (Å²) in [5.74, 6) is 1.94. The van der Waals surface area contributed by atoms with Gasteiger partial charge in [0.25, 0.3) is 0 Å². The van der Waals surface area contributed by atoms with Gasteiger partial charge in [-0.2, -0.15) is 0 Å². The van der Waals surface area contributed by atoms with Crippen molar-refractivity contribution in [1.82, 2.24) is 0 Å². The van der Waals surface area contributed by atoms with Crippen LogP contribution in [0.5, 0.6) is 0 Å². The molecule has 1 heterocycles. The van der Waals surface area contributed by atoms with Gasteiger partial charge >= 0.3 is 0 Å². The largest absolute Gasteiger partial charge is 0.350 e. The number of ether oxygens (including phenoxy) is 2. The minimum absolute atomic E-state index is 0.127. The Balaban J connectivity index is 1.53. The Hall–Kier alpha value is -0.410. The van der Waals surface area contributed by atoms with Gasteiger partial charge in [-0.25, -0.2) is 0 Å². The Kier molecular flexibility index (Phi) is 3.28. The summed E-state index contributed by atoms with van der Waals surface area (Å²) in [6.07, 6.45) is 9.70. The van der Waals surface area contributed by atoms with Crippen LogP contribution in [0.3, 0.4) is 0 Å². The Bertz CT molecular complexity index is 612. The van der Waals surface area contributed by atoms with Gasteiger partial charge in [-0.3, -0.25) is 4.79 Å². The molecule has 5 aliphatic rings. The molecule has 0 amide bonds. The van der Waals surface area contributed by atoms with Crippen molar-refractivity contribution in [2.45, 2.75) is 91.0 Å². The predicted molar refractivity (Wildman–Crippen MR) is 96.0 cm³/mol. The first kappa shape index (κ1) is 16.7. The molecule has 1 saturated heterocycles. The molecule has 5 fully saturated rings. The number of carbonyl (C=O) groups excluding carboxylic acids is 1. The van der Waals surface area contributed by atoms with Crippen molar-refractivity contribution < 1.29 is 14.3 Å². The predicted octanol–water partition coefficient (Wildman–Crippen LogP) is 4.73. The normalized spacial score (nSPS) is 56.7. The maximum atomic E-state index is 12.4. The van der Waals surface area contributed by atoms with Crippen LogP contribution < -0.4 is 0 Å². The smallest absolute Gasteiger partial charge is 0.163 e. The lowest BCUT2D eigenvalue weighted by Gasteiger charge is -2.68. The highest BCUT2D eigenvalue weighted by Crippen LogP contribution is 2.74. The van der Waals surface area contributed by atoms with Gasteiger partial charge in [0.05, 0.1) is 12.7 Å². The lowest BCUT2D eigenvalue weighted by atomic mass is 9.39. The number of fused-ring (bicyclic) bond motifs is 4. The van der Waals surface area contributed by atoms with Gasteiger partial charge in [-0.05, 0) is 81.5 Å². The van der Waals surface area contributed by atoms with Gasteiger partial charge in [0, 0.05) is 17.8 Å². The lowest BCUT2D eigenvalue weighted by Crippen LogP contribution is -2.66. The Labute approximate surface area is 152 Å². The number of Topliss-reactive ketones (excluding diaryl/α,β-unsaturated/α-hetero) is 1. The van der Waals surface area contributed by atoms with E-state index in [1.165, 1.54) is 32.1 Å². The van der Waals surface area contributed by atoms with Crippen molar-refractivity contribution in [3.8, 4) is 0 Å². The number of rotatable bonds is 0. The topological polar surface area (TPSA) is 35.5 Å². The van der Waals surface area contributed by atoms with Crippen molar-refractivity contribution in [2.75, 3.05) is 6.61 Å². The van der Waals surface area contributed by atoms with Gasteiger partial charge < -0.3 is 9.47 Å². The molecule has 140 valence electrons. The van der Waals surface area contributed by atoms with Crippen LogP contribution in [0.15, 0.2) is 0 Å². The number of hydrogen-bond donors (Lipinski definition) is 0. The quantitative estimate of drug-likeness (QED) is 0.636. The summed E-state index contributed by atoms with van der Waals surface area (Å²) < 4.78 is 12.6. The molecular weight excluding hydrogens is 312 g/mol. The lowest BCUT2D eigenvalue weighted by molar-refractivity contribution is -0.351. The van der Waals surface area contributed by atoms with Gasteiger partial charge in [0.1, 0.15) is 5.78 Å². The third-order valence-corrected chi connectivity index (χ3v) is 9.56. The molecule has 25 heavy (non-hydrogen) atoms. The highest BCUT2D eigenvalue weighted by atomic mass is 16.7. The van der Waals surface area contributed by atoms with E-state index in [2.05, 4.69) is 27.7 Å². The maximum Gasteiger partial charge on any atom is 0.163 e. The van der Waals surface area contributed by atoms with Crippen molar-refractivity contribution >= 4 is 5.78 Å². The van der Waals surface area contributed by atoms with Gasteiger partial charge in [-0.1, -0.05) is 13.8 Å². The molecule has 0 aromatic heterocycles. The Morgan fingerprint density at radius 1 is 1.04 bits per heavy atom. The summed E-state index contributed by atoms with van der Waals surface area (Å²) in [6.45, 7) is 9.97. The second kappa shape index (κ2) is 4.90. The fourth-order valence-corrected chi connectivity index (χ4v) is 8.33. The number of ketones is 1. The van der Waals surface area contributed by atoms with E-state index in [0.717, 1.165) is 31.8 Å². The maximum absolute atomic E-state index is 12.4. The van der Waals surface area contributed by atoms with E-state index < -0.39 is 5.79 Å². The van der Waals surface area contributed by atoms with Crippen LogP contribution in [0.4, 0.5) is 0 Å². The summed E-state index contributed by atoms with van der Waals surface area (Å²) >= 11 is 0. The standard InChI is InChI=1S/C22H34O3/c1-19(2)24-13-20(3)17-6-5-15-11-14-12-22(15,10-7-16(14)23)21(17,4)9-8-18(20)25-19/h14-15,17-18H,5-13H2,1-4H3/t14-,15+,17+,18-,20+,21+,22?/m1/s1. The molecule has 4 saturated carbocycles. The highest BCUT2D eigenvalue weighted by molar-refractivity contribution is 5.82. The monoisotopic (exact) mass is 346 g/mol. The molecule has 2 bridgehead atoms. The molecule has 0 N–H and O–H groups in total. The van der Waals surface area contributed by atoms with Crippen molar-refractivity contribution in [3.05, 3.63) is 0 Å². The third-order valence-electron chi connectivity index (χ3n) is 9.56. The van der Waals surface area contributed by atoms with Crippen LogP contribution in [-0.2, 0) is 14.3 Å². The van der Waals surface area contributed by atoms with E-state index in [1.807, 2.05) is 0 Å². The van der Waals surface area contributed by atoms with E-state index in [0.29, 0.717) is 34.6 Å². The van der Waals surface area contributed by atoms with Crippen molar-refractivity contribution in [2.24, 2.45) is 34.0 Å². The van der Waals surface area contributed by atoms with Crippen LogP contribution in [0.1, 0.15) is 79.1 Å². The zero-order valence-electron chi connectivity index (χ0n) is 16.4. The molecule has 7 atom stereocenters. The second-order valence-corrected chi connectivity index (χ2v) is 10.8. The van der Waals surface area contributed by atoms with E-state index >= 15 is 0 Å². The molecule has 4 aliphatic carbocycles. The molecule has 3 nitrogen and oxygen atoms in total. The van der Waals surface area contributed by atoms with Crippen molar-refractivity contribution in [3.63, 3.8) is 0 Å². The number of carbonyl (C=O) groups is 1. The minimum Gasteiger partial charge on any atom is -0.350 e. The molecule has 0 radical (unpaired) electrons. The highest BCUT2D eigenvalue weighted by Gasteiger charge is 2.69. The van der Waals surface area contributed by atoms with E-state index in [9.17, 15) is 4.79 Å². The van der Waals surface area contributed by atoms with Gasteiger partial charge in [-0.15, -0.1) is 0 Å². The second-order valence-electron chi connectivity index (χ2n) is 10.8. The first-order valence-corrected chi connectivity index (χ1v) is 10.5. The molecule has 1 aliphatic heterocycles. The summed E-state index contributed by atoms with van der Waals surface area (Å²) in [5.41, 5.74) is 0.891. The average molecular weight is 347 g/mol. The molecule has 0 aromatic carbocycles. The van der Waals surface area contributed by atoms with Gasteiger partial charge in [0.15, 0.2) is 5.79 Å². The van der Waals surface area contributed by atoms with E-state index in [-0.39, 0.29) is 5.41 Å². The fourth-order valence-electron chi connectivity index (χ4n) is 8.33. The Morgan fingerprint density at radius 2 is 1.84 bits per heavy atom. The summed E-state index contributed by atoms with van der Waals surface area (Å²) in [5, 5.41) is 0. The van der Waals surface area contributed by atoms with E-state index in [1.54, 1.807) is 0 Å². The average Bonchev–Trinajstić information content (AvgIpc) is 2.88. The number of hydrogen-bond acceptors (Lipinski definition) is 3. The summed E-state index contributed by atoms with van der Waals surface area (Å²) in [7, 11) is 0. The summed E-state index contributed by atoms with van der Waals surface area (Å²) in [6, 6.07) is 0. The molecule has 1 spiro atoms. The fraction of sp³-hybridized carbons (Fsp3) is 0.955. The van der Waals surface area contributed by atoms with Crippen LogP contribution in [0, 0.1) is 34.0 Å². The van der Waals surface area contributed by atoms with Crippen LogP contribution in [0.25, 0.3) is 0 Å². The van der Waals surface area contributed by atoms with Crippen LogP contribution in [-0.4, -0.2) is 24.3 Å². The van der Waals surface area contributed by atoms with Gasteiger partial charge in [0.2, 0.25) is 0 Å². The molecule has 1 unspecified atom stereocenters. The first-order chi connectivity index (χ1) is 11.7. The molecular formula is C22H34O3. The third kappa shape index (κ3) is 1.98. The minimum atomic E-state index is -0.441. The zero-order chi connectivity index (χ0) is 17.7. The molecule has 0 aromatic rings. The molecule has 3 heteroatoms. The Morgan fingerprint density at radius 3 is 2.64 bits per heavy atom. The van der Waals surface area contributed by atoms with E-state index in [4.69, 9.17) is 9.47 Å². The zero-order valence-corrected chi connectivity index (χ0v) is 16.4. The SMILES string of the molecule is CC1(C)OC[C@]2(C)[C@@H](CC[C@@]3(C)[C@H]2CC[C@H]2C[C@@H]4CC23CCC4=O)O1. The summed E-state index contributed by atoms with van der Waals surface area (Å²) in [4.78, 5) is 12.4. The van der Waals surface area contributed by atoms with Crippen LogP contribution >= 0.6 is 0 Å². The van der Waals surface area contributed by atoms with Crippen LogP contribution in [0.2, 0.25) is 0 Å². The van der Waals surface area contributed by atoms with Crippen molar-refractivity contribution in [1.29, 1.82) is 0 Å². The molecule has 5 rings (SSSR count).